The zero-order valence-corrected chi connectivity index (χ0v) is 27.3. The normalized spacial score (nSPS) is 30.0. The van der Waals surface area contributed by atoms with Gasteiger partial charge in [0.2, 0.25) is 0 Å². The molecule has 9 rings (SSSR count). The Morgan fingerprint density at radius 1 is 0.958 bits per heavy atom. The average Bonchev–Trinajstić information content (AvgIpc) is 3.69. The molecular formula is C38H43F3N6O. The van der Waals surface area contributed by atoms with E-state index in [0.717, 1.165) is 51.6 Å². The zero-order chi connectivity index (χ0) is 32.6. The molecule has 6 heterocycles. The molecule has 4 aromatic rings. The molecule has 1 aliphatic carbocycles. The molecule has 2 N–H and O–H groups in total. The summed E-state index contributed by atoms with van der Waals surface area (Å²) in [5.41, 5.74) is 0.279. The largest absolute Gasteiger partial charge is 0.508 e. The van der Waals surface area contributed by atoms with Crippen LogP contribution in [0.4, 0.5) is 19.0 Å². The van der Waals surface area contributed by atoms with E-state index in [1.807, 2.05) is 0 Å². The maximum atomic E-state index is 16.7. The summed E-state index contributed by atoms with van der Waals surface area (Å²) in [6.07, 6.45) is 13.2. The molecule has 2 aromatic heterocycles. The van der Waals surface area contributed by atoms with Crippen molar-refractivity contribution in [3.05, 3.63) is 54.0 Å². The van der Waals surface area contributed by atoms with Gasteiger partial charge in [-0.3, -0.25) is 9.88 Å². The van der Waals surface area contributed by atoms with Crippen molar-refractivity contribution in [3.63, 3.8) is 0 Å². The van der Waals surface area contributed by atoms with Crippen molar-refractivity contribution in [2.45, 2.75) is 107 Å². The van der Waals surface area contributed by atoms with E-state index in [9.17, 15) is 9.50 Å². The zero-order valence-electron chi connectivity index (χ0n) is 27.3. The van der Waals surface area contributed by atoms with E-state index in [-0.39, 0.29) is 33.4 Å². The first kappa shape index (κ1) is 30.6. The highest BCUT2D eigenvalue weighted by Gasteiger charge is 2.56. The third kappa shape index (κ3) is 5.13. The fraction of sp³-hybridized carbons (Fsp3) is 0.553. The minimum Gasteiger partial charge on any atom is -0.508 e. The lowest BCUT2D eigenvalue weighted by Gasteiger charge is -2.36. The number of aromatic nitrogens is 3. The van der Waals surface area contributed by atoms with Crippen molar-refractivity contribution < 1.29 is 18.3 Å². The number of nitrogens with zero attached hydrogens (tertiary/aromatic N) is 5. The number of aromatic hydroxyl groups is 1. The van der Waals surface area contributed by atoms with E-state index in [2.05, 4.69) is 20.1 Å². The fourth-order valence-electron chi connectivity index (χ4n) is 10.2. The Bertz CT molecular complexity index is 1880. The Kier molecular flexibility index (Phi) is 7.53. The van der Waals surface area contributed by atoms with Crippen LogP contribution in [0.25, 0.3) is 32.9 Å². The maximum Gasteiger partial charge on any atom is 0.175 e. The number of fused-ring (bicyclic) bond motifs is 7. The maximum absolute atomic E-state index is 16.7. The molecule has 2 bridgehead atoms. The lowest BCUT2D eigenvalue weighted by Crippen LogP contribution is -2.51. The smallest absolute Gasteiger partial charge is 0.175 e. The van der Waals surface area contributed by atoms with Crippen molar-refractivity contribution >= 4 is 27.5 Å². The molecule has 252 valence electrons. The second kappa shape index (κ2) is 11.8. The van der Waals surface area contributed by atoms with Crippen LogP contribution >= 0.6 is 0 Å². The van der Waals surface area contributed by atoms with E-state index in [1.54, 1.807) is 18.3 Å². The first-order valence-electron chi connectivity index (χ1n) is 18.0. The molecular weight excluding hydrogens is 613 g/mol. The lowest BCUT2D eigenvalue weighted by atomic mass is 9.80. The summed E-state index contributed by atoms with van der Waals surface area (Å²) in [4.78, 5) is 19.2. The monoisotopic (exact) mass is 656 g/mol. The molecule has 5 fully saturated rings. The van der Waals surface area contributed by atoms with E-state index in [4.69, 9.17) is 9.97 Å². The van der Waals surface area contributed by atoms with Crippen molar-refractivity contribution in [3.8, 4) is 17.0 Å². The molecule has 5 aliphatic rings. The molecule has 2 unspecified atom stereocenters. The molecule has 4 saturated heterocycles. The number of alkyl halides is 1. The summed E-state index contributed by atoms with van der Waals surface area (Å²) in [5.74, 6) is 0.730. The van der Waals surface area contributed by atoms with Gasteiger partial charge in [-0.05, 0) is 80.9 Å². The van der Waals surface area contributed by atoms with Crippen LogP contribution < -0.4 is 10.2 Å². The first-order chi connectivity index (χ1) is 23.3. The van der Waals surface area contributed by atoms with Gasteiger partial charge in [0, 0.05) is 66.9 Å². The summed E-state index contributed by atoms with van der Waals surface area (Å²) in [5, 5.41) is 15.3. The van der Waals surface area contributed by atoms with Crippen LogP contribution in [0.2, 0.25) is 0 Å². The number of phenols is 1. The van der Waals surface area contributed by atoms with Crippen molar-refractivity contribution in [2.75, 3.05) is 24.5 Å². The molecule has 0 spiro atoms. The van der Waals surface area contributed by atoms with Crippen LogP contribution in [0, 0.1) is 17.6 Å². The summed E-state index contributed by atoms with van der Waals surface area (Å²) in [6.45, 7) is 2.14. The van der Waals surface area contributed by atoms with Crippen LogP contribution in [0.1, 0.15) is 76.5 Å². The number of hydrogen-bond donors (Lipinski definition) is 2. The SMILES string of the molecule is Oc1cc(-c2ncc3c(N4CC5CCC(C4)N5)nc(CCCC[C@]45C[C@H](F)CN4[C@H]4CCCC[C@H]4C5)nc3c2F)c2c(F)cccc2c1. The number of phenolic OH excluding ortho intramolecular Hbond substituents is 1. The van der Waals surface area contributed by atoms with Gasteiger partial charge < -0.3 is 15.3 Å². The first-order valence-corrected chi connectivity index (χ1v) is 18.0. The molecule has 4 aliphatic heterocycles. The minimum atomic E-state index is -0.739. The Morgan fingerprint density at radius 2 is 1.79 bits per heavy atom. The number of halogens is 3. The van der Waals surface area contributed by atoms with E-state index in [1.165, 1.54) is 43.9 Å². The number of nitrogens with one attached hydrogen (secondary N) is 1. The highest BCUT2D eigenvalue weighted by Crippen LogP contribution is 2.53. The van der Waals surface area contributed by atoms with Gasteiger partial charge in [0.25, 0.3) is 0 Å². The quantitative estimate of drug-likeness (QED) is 0.203. The Hall–Kier alpha value is -3.50. The topological polar surface area (TPSA) is 77.4 Å². The van der Waals surface area contributed by atoms with Crippen molar-refractivity contribution in [1.82, 2.24) is 25.2 Å². The van der Waals surface area contributed by atoms with E-state index >= 15 is 8.78 Å². The van der Waals surface area contributed by atoms with E-state index in [0.29, 0.717) is 65.8 Å². The van der Waals surface area contributed by atoms with Crippen LogP contribution in [-0.4, -0.2) is 74.4 Å². The van der Waals surface area contributed by atoms with Gasteiger partial charge in [0.1, 0.15) is 40.6 Å². The van der Waals surface area contributed by atoms with Gasteiger partial charge in [0.05, 0.1) is 5.39 Å². The molecule has 48 heavy (non-hydrogen) atoms. The van der Waals surface area contributed by atoms with Crippen LogP contribution in [0.3, 0.4) is 0 Å². The van der Waals surface area contributed by atoms with Gasteiger partial charge in [0.15, 0.2) is 5.82 Å². The Morgan fingerprint density at radius 3 is 2.65 bits per heavy atom. The van der Waals surface area contributed by atoms with Crippen molar-refractivity contribution in [1.29, 1.82) is 0 Å². The number of unbranched alkanes of at least 4 members (excludes halogenated alkanes) is 1. The predicted molar refractivity (Wildman–Crippen MR) is 181 cm³/mol. The number of benzene rings is 2. The molecule has 1 saturated carbocycles. The predicted octanol–water partition coefficient (Wildman–Crippen LogP) is 7.23. The summed E-state index contributed by atoms with van der Waals surface area (Å²) >= 11 is 0. The van der Waals surface area contributed by atoms with Crippen LogP contribution in [0.15, 0.2) is 36.5 Å². The Balaban J connectivity index is 1.05. The summed E-state index contributed by atoms with van der Waals surface area (Å²) < 4.78 is 46.7. The van der Waals surface area contributed by atoms with Gasteiger partial charge in [-0.1, -0.05) is 31.4 Å². The third-order valence-electron chi connectivity index (χ3n) is 12.2. The molecule has 6 atom stereocenters. The number of anilines is 1. The van der Waals surface area contributed by atoms with Gasteiger partial charge in [-0.25, -0.2) is 23.1 Å². The van der Waals surface area contributed by atoms with Crippen molar-refractivity contribution in [2.24, 2.45) is 5.92 Å². The number of rotatable bonds is 7. The number of aryl methyl sites for hydroxylation is 1. The molecule has 7 nitrogen and oxygen atoms in total. The Labute approximate surface area is 279 Å². The van der Waals surface area contributed by atoms with Gasteiger partial charge >= 0.3 is 0 Å². The van der Waals surface area contributed by atoms with Gasteiger partial charge in [-0.15, -0.1) is 0 Å². The van der Waals surface area contributed by atoms with Crippen LogP contribution in [-0.2, 0) is 6.42 Å². The number of pyridine rings is 1. The molecule has 0 radical (unpaired) electrons. The third-order valence-corrected chi connectivity index (χ3v) is 12.2. The fourth-order valence-corrected chi connectivity index (χ4v) is 10.2. The summed E-state index contributed by atoms with van der Waals surface area (Å²) in [6, 6.07) is 8.69. The number of hydrogen-bond acceptors (Lipinski definition) is 7. The van der Waals surface area contributed by atoms with Crippen LogP contribution in [0.5, 0.6) is 5.75 Å². The van der Waals surface area contributed by atoms with Gasteiger partial charge in [-0.2, -0.15) is 0 Å². The number of piperazine rings is 1. The second-order valence-electron chi connectivity index (χ2n) is 15.2. The highest BCUT2D eigenvalue weighted by atomic mass is 19.1. The molecule has 10 heteroatoms. The lowest BCUT2D eigenvalue weighted by molar-refractivity contribution is 0.117. The highest BCUT2D eigenvalue weighted by molar-refractivity contribution is 6.00. The summed E-state index contributed by atoms with van der Waals surface area (Å²) in [7, 11) is 0. The molecule has 2 aromatic carbocycles. The standard InChI is InChI=1S/C38H43F3N6O/c39-24-17-38(16-23-6-1-2-9-31(23)47(38)19-24)13-4-3-10-32-44-36-29(37(45-32)46-20-25-11-12-26(21-46)43-25)18-42-35(34(36)41)28-15-27(48)14-22-7-5-8-30(40)33(22)28/h5,7-8,14-15,18,23-26,31,43,48H,1-4,6,9-13,16-17,19-21H2/t23-,24-,25?,26?,31-,38-/m0/s1. The van der Waals surface area contributed by atoms with E-state index < -0.39 is 17.8 Å². The average molecular weight is 657 g/mol. The molecule has 0 amide bonds. The minimum absolute atomic E-state index is 0.0272. The second-order valence-corrected chi connectivity index (χ2v) is 15.2.